The Hall–Kier alpha value is -0.360. The lowest BCUT2D eigenvalue weighted by Crippen LogP contribution is -2.19. The molecule has 0 bridgehead atoms. The predicted molar refractivity (Wildman–Crippen MR) is 56.5 cm³/mol. The molecule has 0 aromatic carbocycles. The monoisotopic (exact) mass is 234 g/mol. The van der Waals surface area contributed by atoms with Gasteiger partial charge in [-0.15, -0.1) is 5.10 Å². The van der Waals surface area contributed by atoms with E-state index in [4.69, 9.17) is 11.6 Å². The maximum Gasteiger partial charge on any atom is 0.151 e. The largest absolute Gasteiger partial charge is 0.390 e. The highest BCUT2D eigenvalue weighted by Crippen LogP contribution is 2.17. The summed E-state index contributed by atoms with van der Waals surface area (Å²) in [7, 11) is 0. The average Bonchev–Trinajstić information content (AvgIpc) is 2.18. The minimum Gasteiger partial charge on any atom is -0.390 e. The first-order chi connectivity index (χ1) is 6.65. The number of hydrogen-bond donors (Lipinski definition) is 3. The predicted octanol–water partition coefficient (Wildman–Crippen LogP) is 0.844. The van der Waals surface area contributed by atoms with E-state index in [0.29, 0.717) is 17.9 Å². The van der Waals surface area contributed by atoms with Gasteiger partial charge in [0.2, 0.25) is 0 Å². The van der Waals surface area contributed by atoms with Crippen LogP contribution in [0.15, 0.2) is 12.1 Å². The second kappa shape index (κ2) is 5.50. The van der Waals surface area contributed by atoms with Crippen molar-refractivity contribution in [2.24, 2.45) is 0 Å². The number of aliphatic hydroxyl groups excluding tert-OH is 2. The van der Waals surface area contributed by atoms with E-state index >= 15 is 0 Å². The molecule has 1 aromatic rings. The number of aliphatic hydroxyl groups is 2. The van der Waals surface area contributed by atoms with Crippen LogP contribution >= 0.6 is 24.2 Å². The molecule has 2 unspecified atom stereocenters. The summed E-state index contributed by atoms with van der Waals surface area (Å²) in [5, 5.41) is 26.5. The molecule has 2 atom stereocenters. The second-order valence-electron chi connectivity index (χ2n) is 2.81. The topological polar surface area (TPSA) is 66.2 Å². The van der Waals surface area contributed by atoms with Crippen LogP contribution in [0.4, 0.5) is 0 Å². The smallest absolute Gasteiger partial charge is 0.151 e. The maximum atomic E-state index is 9.58. The lowest BCUT2D eigenvalue weighted by molar-refractivity contribution is 0.0142. The molecule has 0 fully saturated rings. The first kappa shape index (κ1) is 11.7. The molecular weight excluding hydrogens is 224 g/mol. The zero-order chi connectivity index (χ0) is 10.6. The van der Waals surface area contributed by atoms with E-state index in [0.717, 1.165) is 0 Å². The lowest BCUT2D eigenvalue weighted by Gasteiger charge is -2.15. The zero-order valence-corrected chi connectivity index (χ0v) is 8.99. The van der Waals surface area contributed by atoms with E-state index in [-0.39, 0.29) is 5.15 Å². The molecule has 2 N–H and O–H groups in total. The van der Waals surface area contributed by atoms with E-state index in [1.807, 2.05) is 0 Å². The Morgan fingerprint density at radius 1 is 1.36 bits per heavy atom. The first-order valence-corrected chi connectivity index (χ1v) is 5.12. The third-order valence-corrected chi connectivity index (χ3v) is 2.20. The van der Waals surface area contributed by atoms with Crippen molar-refractivity contribution in [3.05, 3.63) is 23.0 Å². The quantitative estimate of drug-likeness (QED) is 0.676. The molecular formula is C8H11ClN2O2S. The molecule has 4 nitrogen and oxygen atoms in total. The van der Waals surface area contributed by atoms with Gasteiger partial charge >= 0.3 is 0 Å². The number of nitrogens with zero attached hydrogens (tertiary/aromatic N) is 2. The third-order valence-electron chi connectivity index (χ3n) is 1.74. The molecule has 1 rings (SSSR count). The van der Waals surface area contributed by atoms with Crippen molar-refractivity contribution in [2.45, 2.75) is 18.6 Å². The van der Waals surface area contributed by atoms with Gasteiger partial charge in [-0.1, -0.05) is 11.6 Å². The highest BCUT2D eigenvalue weighted by molar-refractivity contribution is 7.80. The van der Waals surface area contributed by atoms with Crippen molar-refractivity contribution in [1.82, 2.24) is 10.2 Å². The fraction of sp³-hybridized carbons (Fsp3) is 0.500. The molecule has 0 spiro atoms. The van der Waals surface area contributed by atoms with E-state index in [9.17, 15) is 10.2 Å². The molecule has 14 heavy (non-hydrogen) atoms. The minimum atomic E-state index is -1.04. The summed E-state index contributed by atoms with van der Waals surface area (Å²) in [6.45, 7) is 0. The summed E-state index contributed by atoms with van der Waals surface area (Å²) in [6.07, 6.45) is -1.51. The van der Waals surface area contributed by atoms with Crippen LogP contribution < -0.4 is 0 Å². The molecule has 78 valence electrons. The van der Waals surface area contributed by atoms with Crippen molar-refractivity contribution in [3.8, 4) is 0 Å². The van der Waals surface area contributed by atoms with Crippen LogP contribution in [0.3, 0.4) is 0 Å². The van der Waals surface area contributed by atoms with Gasteiger partial charge in [-0.2, -0.15) is 17.7 Å². The van der Waals surface area contributed by atoms with Gasteiger partial charge in [0.25, 0.3) is 0 Å². The van der Waals surface area contributed by atoms with Crippen LogP contribution in [-0.2, 0) is 0 Å². The van der Waals surface area contributed by atoms with Crippen molar-refractivity contribution in [2.75, 3.05) is 5.75 Å². The Morgan fingerprint density at radius 2 is 2.07 bits per heavy atom. The Labute approximate surface area is 92.3 Å². The molecule has 1 heterocycles. The Balaban J connectivity index is 2.68. The van der Waals surface area contributed by atoms with Crippen LogP contribution in [-0.4, -0.2) is 32.3 Å². The molecule has 0 radical (unpaired) electrons. The number of aromatic nitrogens is 2. The van der Waals surface area contributed by atoms with Crippen molar-refractivity contribution in [1.29, 1.82) is 0 Å². The van der Waals surface area contributed by atoms with E-state index < -0.39 is 12.2 Å². The van der Waals surface area contributed by atoms with Crippen molar-refractivity contribution < 1.29 is 10.2 Å². The summed E-state index contributed by atoms with van der Waals surface area (Å²) >= 11 is 9.48. The van der Waals surface area contributed by atoms with Crippen LogP contribution in [0.5, 0.6) is 0 Å². The maximum absolute atomic E-state index is 9.58. The van der Waals surface area contributed by atoms with Gasteiger partial charge in [0, 0.05) is 0 Å². The van der Waals surface area contributed by atoms with Crippen LogP contribution in [0, 0.1) is 0 Å². The Kier molecular flexibility index (Phi) is 4.60. The van der Waals surface area contributed by atoms with Gasteiger partial charge in [-0.05, 0) is 24.3 Å². The Bertz CT molecular complexity index is 283. The van der Waals surface area contributed by atoms with E-state index in [1.54, 1.807) is 0 Å². The van der Waals surface area contributed by atoms with Crippen LogP contribution in [0.2, 0.25) is 5.15 Å². The van der Waals surface area contributed by atoms with Gasteiger partial charge in [0.05, 0.1) is 11.8 Å². The van der Waals surface area contributed by atoms with Gasteiger partial charge in [-0.3, -0.25) is 0 Å². The van der Waals surface area contributed by atoms with Gasteiger partial charge in [0.15, 0.2) is 5.15 Å². The fourth-order valence-corrected chi connectivity index (χ4v) is 1.34. The molecule has 0 aliphatic carbocycles. The second-order valence-corrected chi connectivity index (χ2v) is 3.64. The zero-order valence-electron chi connectivity index (χ0n) is 7.34. The number of halogens is 1. The first-order valence-electron chi connectivity index (χ1n) is 4.11. The van der Waals surface area contributed by atoms with Crippen LogP contribution in [0.25, 0.3) is 0 Å². The SMILES string of the molecule is OC(CCS)C(O)c1ccc(Cl)nn1. The standard InChI is InChI=1S/C8H11ClN2O2S/c9-7-2-1-5(10-11-7)8(13)6(12)3-4-14/h1-2,6,8,12-14H,3-4H2. The normalized spacial score (nSPS) is 15.1. The highest BCUT2D eigenvalue weighted by Gasteiger charge is 2.18. The highest BCUT2D eigenvalue weighted by atomic mass is 35.5. The fourth-order valence-electron chi connectivity index (χ4n) is 0.971. The molecule has 0 saturated heterocycles. The average molecular weight is 235 g/mol. The molecule has 0 aliphatic heterocycles. The molecule has 1 aromatic heterocycles. The number of hydrogen-bond acceptors (Lipinski definition) is 5. The van der Waals surface area contributed by atoms with E-state index in [2.05, 4.69) is 22.8 Å². The lowest BCUT2D eigenvalue weighted by atomic mass is 10.1. The van der Waals surface area contributed by atoms with Crippen molar-refractivity contribution in [3.63, 3.8) is 0 Å². The summed E-state index contributed by atoms with van der Waals surface area (Å²) < 4.78 is 0. The molecule has 0 amide bonds. The summed E-state index contributed by atoms with van der Waals surface area (Å²) in [5.41, 5.74) is 0.309. The van der Waals surface area contributed by atoms with E-state index in [1.165, 1.54) is 12.1 Å². The van der Waals surface area contributed by atoms with Gasteiger partial charge < -0.3 is 10.2 Å². The summed E-state index contributed by atoms with van der Waals surface area (Å²) in [6, 6.07) is 3.04. The molecule has 6 heteroatoms. The summed E-state index contributed by atoms with van der Waals surface area (Å²) in [5.74, 6) is 0.499. The molecule has 0 aliphatic rings. The van der Waals surface area contributed by atoms with Crippen molar-refractivity contribution >= 4 is 24.2 Å². The summed E-state index contributed by atoms with van der Waals surface area (Å²) in [4.78, 5) is 0. The third kappa shape index (κ3) is 3.09. The Morgan fingerprint density at radius 3 is 2.57 bits per heavy atom. The van der Waals surface area contributed by atoms with Gasteiger partial charge in [-0.25, -0.2) is 0 Å². The van der Waals surface area contributed by atoms with Gasteiger partial charge in [0.1, 0.15) is 6.10 Å². The molecule has 0 saturated carbocycles. The number of thiol groups is 1. The minimum absolute atomic E-state index is 0.254. The van der Waals surface area contributed by atoms with Crippen LogP contribution in [0.1, 0.15) is 18.2 Å². The number of rotatable bonds is 4.